The molecule has 1 heterocycles. The van der Waals surface area contributed by atoms with Gasteiger partial charge in [-0.15, -0.1) is 0 Å². The smallest absolute Gasteiger partial charge is 0.221 e. The molecule has 29 heavy (non-hydrogen) atoms. The predicted octanol–water partition coefficient (Wildman–Crippen LogP) is 5.28. The third kappa shape index (κ3) is 7.64. The minimum atomic E-state index is -0.0227. The van der Waals surface area contributed by atoms with E-state index in [9.17, 15) is 4.79 Å². The van der Waals surface area contributed by atoms with E-state index >= 15 is 0 Å². The van der Waals surface area contributed by atoms with Crippen molar-refractivity contribution in [2.75, 3.05) is 25.5 Å². The Balaban J connectivity index is 0.000000989. The molecule has 1 atom stereocenters. The molecule has 0 aromatic heterocycles. The topological polar surface area (TPSA) is 52.6 Å². The Morgan fingerprint density at radius 2 is 1.62 bits per heavy atom. The van der Waals surface area contributed by atoms with Gasteiger partial charge in [0.2, 0.25) is 5.91 Å². The first kappa shape index (κ1) is 24.9. The number of hydrogen-bond acceptors (Lipinski definition) is 3. The number of anilines is 1. The largest absolute Gasteiger partial charge is 0.400 e. The summed E-state index contributed by atoms with van der Waals surface area (Å²) in [6.07, 6.45) is 3.59. The molecule has 0 bridgehead atoms. The van der Waals surface area contributed by atoms with Gasteiger partial charge in [0.1, 0.15) is 0 Å². The van der Waals surface area contributed by atoms with Gasteiger partial charge in [-0.3, -0.25) is 9.69 Å². The average molecular weight is 399 g/mol. The summed E-state index contributed by atoms with van der Waals surface area (Å²) in [5.41, 5.74) is 6.06. The van der Waals surface area contributed by atoms with Crippen molar-refractivity contribution >= 4 is 11.6 Å². The van der Waals surface area contributed by atoms with Gasteiger partial charge in [0.25, 0.3) is 0 Å². The molecule has 3 rings (SSSR count). The summed E-state index contributed by atoms with van der Waals surface area (Å²) in [6, 6.07) is 15.8. The molecule has 1 aliphatic heterocycles. The van der Waals surface area contributed by atoms with Crippen molar-refractivity contribution in [3.63, 3.8) is 0 Å². The zero-order valence-corrected chi connectivity index (χ0v) is 19.0. The lowest BCUT2D eigenvalue weighted by atomic mass is 9.95. The number of benzene rings is 2. The van der Waals surface area contributed by atoms with E-state index in [-0.39, 0.29) is 5.91 Å². The number of aliphatic hydroxyl groups is 1. The number of hydrogen-bond donors (Lipinski definition) is 2. The number of likely N-dealkylation sites (tertiary alicyclic amines) is 1. The first-order valence-corrected chi connectivity index (χ1v) is 10.7. The lowest BCUT2D eigenvalue weighted by Crippen LogP contribution is -2.27. The van der Waals surface area contributed by atoms with Crippen molar-refractivity contribution in [1.29, 1.82) is 0 Å². The van der Waals surface area contributed by atoms with E-state index in [0.717, 1.165) is 24.8 Å². The summed E-state index contributed by atoms with van der Waals surface area (Å²) in [5, 5.41) is 9.90. The number of carbonyl (C=O) groups excluding carboxylic acids is 1. The monoisotopic (exact) mass is 398 g/mol. The molecular formula is C25H38N2O2. The van der Waals surface area contributed by atoms with Gasteiger partial charge in [-0.05, 0) is 69.0 Å². The number of nitrogens with zero attached hydrogens (tertiary/aromatic N) is 1. The van der Waals surface area contributed by atoms with Crippen LogP contribution in [-0.4, -0.2) is 36.1 Å². The van der Waals surface area contributed by atoms with Crippen LogP contribution in [0.15, 0.2) is 42.5 Å². The van der Waals surface area contributed by atoms with E-state index in [1.165, 1.54) is 42.6 Å². The fourth-order valence-corrected chi connectivity index (χ4v) is 3.71. The van der Waals surface area contributed by atoms with Crippen molar-refractivity contribution in [2.45, 2.75) is 59.9 Å². The SMILES string of the molecule is CC.CC(=O)Nc1ccc(CC(c2ccc(C)cc2)N2CCCC2)cc1C.CO. The second-order valence-electron chi connectivity index (χ2n) is 7.20. The lowest BCUT2D eigenvalue weighted by molar-refractivity contribution is -0.114. The van der Waals surface area contributed by atoms with Crippen LogP contribution in [0.2, 0.25) is 0 Å². The highest BCUT2D eigenvalue weighted by Gasteiger charge is 2.23. The Labute approximate surface area is 177 Å². The Hall–Kier alpha value is -2.17. The van der Waals surface area contributed by atoms with E-state index < -0.39 is 0 Å². The maximum Gasteiger partial charge on any atom is 0.221 e. The summed E-state index contributed by atoms with van der Waals surface area (Å²) in [4.78, 5) is 13.9. The Bertz CT molecular complexity index is 735. The summed E-state index contributed by atoms with van der Waals surface area (Å²) in [5.74, 6) is -0.0227. The Morgan fingerprint density at radius 3 is 2.14 bits per heavy atom. The minimum Gasteiger partial charge on any atom is -0.400 e. The summed E-state index contributed by atoms with van der Waals surface area (Å²) < 4.78 is 0. The quantitative estimate of drug-likeness (QED) is 0.721. The van der Waals surface area contributed by atoms with Crippen LogP contribution in [0.3, 0.4) is 0 Å². The lowest BCUT2D eigenvalue weighted by Gasteiger charge is -2.28. The van der Waals surface area contributed by atoms with Gasteiger partial charge in [-0.2, -0.15) is 0 Å². The van der Waals surface area contributed by atoms with Gasteiger partial charge in [0.15, 0.2) is 0 Å². The fraction of sp³-hybridized carbons (Fsp3) is 0.480. The van der Waals surface area contributed by atoms with Crippen LogP contribution in [0.5, 0.6) is 0 Å². The van der Waals surface area contributed by atoms with Crippen LogP contribution in [0, 0.1) is 13.8 Å². The van der Waals surface area contributed by atoms with Crippen molar-refractivity contribution in [1.82, 2.24) is 4.90 Å². The molecule has 4 nitrogen and oxygen atoms in total. The highest BCUT2D eigenvalue weighted by Crippen LogP contribution is 2.30. The first-order chi connectivity index (χ1) is 14.0. The molecule has 2 aromatic carbocycles. The van der Waals surface area contributed by atoms with Gasteiger partial charge in [-0.1, -0.05) is 55.8 Å². The maximum absolute atomic E-state index is 11.3. The van der Waals surface area contributed by atoms with Gasteiger partial charge in [-0.25, -0.2) is 0 Å². The maximum atomic E-state index is 11.3. The van der Waals surface area contributed by atoms with Crippen LogP contribution in [0.25, 0.3) is 0 Å². The second kappa shape index (κ2) is 13.1. The molecule has 2 N–H and O–H groups in total. The van der Waals surface area contributed by atoms with Crippen molar-refractivity contribution in [3.8, 4) is 0 Å². The normalized spacial score (nSPS) is 14.2. The standard InChI is InChI=1S/C22H28N2O.C2H6.CH4O/c1-16-6-9-20(10-7-16)22(24-12-4-5-13-24)15-19-8-11-21(17(2)14-19)23-18(3)25;2*1-2/h6-11,14,22H,4-5,12-13,15H2,1-3H3,(H,23,25);1-2H3;2H,1H3. The molecule has 2 aromatic rings. The van der Waals surface area contributed by atoms with E-state index in [4.69, 9.17) is 5.11 Å². The average Bonchev–Trinajstić information content (AvgIpc) is 3.26. The van der Waals surface area contributed by atoms with Gasteiger partial charge in [0, 0.05) is 25.8 Å². The molecule has 0 radical (unpaired) electrons. The zero-order chi connectivity index (χ0) is 21.8. The molecule has 0 aliphatic carbocycles. The predicted molar refractivity (Wildman–Crippen MR) is 123 cm³/mol. The van der Waals surface area contributed by atoms with Crippen LogP contribution < -0.4 is 5.32 Å². The van der Waals surface area contributed by atoms with E-state index in [1.54, 1.807) is 6.92 Å². The molecule has 1 fully saturated rings. The van der Waals surface area contributed by atoms with Gasteiger partial charge >= 0.3 is 0 Å². The highest BCUT2D eigenvalue weighted by atomic mass is 16.2. The van der Waals surface area contributed by atoms with E-state index in [2.05, 4.69) is 60.5 Å². The first-order valence-electron chi connectivity index (χ1n) is 10.7. The van der Waals surface area contributed by atoms with Crippen molar-refractivity contribution in [2.24, 2.45) is 0 Å². The molecule has 1 saturated heterocycles. The minimum absolute atomic E-state index is 0.0227. The number of carbonyl (C=O) groups is 1. The van der Waals surface area contributed by atoms with Crippen LogP contribution in [-0.2, 0) is 11.2 Å². The van der Waals surface area contributed by atoms with Crippen LogP contribution in [0.1, 0.15) is 61.9 Å². The Morgan fingerprint density at radius 1 is 1.03 bits per heavy atom. The summed E-state index contributed by atoms with van der Waals surface area (Å²) in [7, 11) is 1.00. The number of aliphatic hydroxyl groups excluding tert-OH is 1. The van der Waals surface area contributed by atoms with Gasteiger partial charge < -0.3 is 10.4 Å². The molecule has 1 aliphatic rings. The summed E-state index contributed by atoms with van der Waals surface area (Å²) >= 11 is 0. The van der Waals surface area contributed by atoms with E-state index in [1.807, 2.05) is 19.9 Å². The molecule has 1 amide bonds. The third-order valence-electron chi connectivity index (χ3n) is 5.07. The van der Waals surface area contributed by atoms with Crippen molar-refractivity contribution in [3.05, 3.63) is 64.7 Å². The molecular weight excluding hydrogens is 360 g/mol. The highest BCUT2D eigenvalue weighted by molar-refractivity contribution is 5.89. The van der Waals surface area contributed by atoms with Gasteiger partial charge in [0.05, 0.1) is 0 Å². The second-order valence-corrected chi connectivity index (χ2v) is 7.20. The number of nitrogens with one attached hydrogen (secondary N) is 1. The number of rotatable bonds is 5. The van der Waals surface area contributed by atoms with E-state index in [0.29, 0.717) is 6.04 Å². The number of aryl methyl sites for hydroxylation is 2. The number of amides is 1. The molecule has 1 unspecified atom stereocenters. The molecule has 160 valence electrons. The molecule has 0 saturated carbocycles. The third-order valence-corrected chi connectivity index (χ3v) is 5.07. The molecule has 4 heteroatoms. The molecule has 0 spiro atoms. The van der Waals surface area contributed by atoms with Crippen LogP contribution >= 0.6 is 0 Å². The van der Waals surface area contributed by atoms with Crippen molar-refractivity contribution < 1.29 is 9.90 Å². The van der Waals surface area contributed by atoms with Crippen LogP contribution in [0.4, 0.5) is 5.69 Å². The fourth-order valence-electron chi connectivity index (χ4n) is 3.71. The zero-order valence-electron chi connectivity index (χ0n) is 19.0. The summed E-state index contributed by atoms with van der Waals surface area (Å²) in [6.45, 7) is 12.1. The Kier molecular flexibility index (Phi) is 11.3.